The predicted octanol–water partition coefficient (Wildman–Crippen LogP) is 3.95. The number of carbonyl (C=O) groups excluding carboxylic acids is 1. The molecule has 1 unspecified atom stereocenters. The highest BCUT2D eigenvalue weighted by molar-refractivity contribution is 5.73. The van der Waals surface area contributed by atoms with Gasteiger partial charge in [-0.2, -0.15) is 0 Å². The summed E-state index contributed by atoms with van der Waals surface area (Å²) >= 11 is 0. The van der Waals surface area contributed by atoms with Gasteiger partial charge in [-0.3, -0.25) is 4.79 Å². The van der Waals surface area contributed by atoms with Gasteiger partial charge in [0, 0.05) is 0 Å². The lowest BCUT2D eigenvalue weighted by molar-refractivity contribution is -0.155. The number of hydrogen-bond acceptors (Lipinski definition) is 4. The molecule has 1 saturated carbocycles. The summed E-state index contributed by atoms with van der Waals surface area (Å²) in [5, 5.41) is 9.61. The molecule has 0 aromatic heterocycles. The van der Waals surface area contributed by atoms with Gasteiger partial charge in [-0.05, 0) is 48.3 Å². The number of phenols is 1. The van der Waals surface area contributed by atoms with Crippen molar-refractivity contribution in [3.63, 3.8) is 0 Å². The monoisotopic (exact) mass is 320 g/mol. The number of ether oxygens (including phenoxy) is 2. The molecule has 0 amide bonds. The van der Waals surface area contributed by atoms with Crippen LogP contribution in [0.1, 0.15) is 45.6 Å². The van der Waals surface area contributed by atoms with Gasteiger partial charge in [0.25, 0.3) is 0 Å². The molecule has 1 N–H and O–H groups in total. The molecular formula is C19H28O4. The maximum Gasteiger partial charge on any atom is 0.310 e. The largest absolute Gasteiger partial charge is 0.504 e. The Balaban J connectivity index is 2.00. The first-order chi connectivity index (χ1) is 10.9. The molecule has 0 saturated heterocycles. The van der Waals surface area contributed by atoms with Crippen molar-refractivity contribution >= 4 is 5.97 Å². The SMILES string of the molecule is COc1cc(CC(=O)O[C@@H]2C[C@H](C)CCC2C(C)C)ccc1O. The zero-order valence-electron chi connectivity index (χ0n) is 14.5. The summed E-state index contributed by atoms with van der Waals surface area (Å²) in [6.07, 6.45) is 3.51. The second-order valence-electron chi connectivity index (χ2n) is 7.04. The van der Waals surface area contributed by atoms with Gasteiger partial charge in [0.05, 0.1) is 13.5 Å². The number of phenolic OH excluding ortho intramolecular Hbond substituents is 1. The van der Waals surface area contributed by atoms with Gasteiger partial charge in [-0.1, -0.05) is 33.3 Å². The maximum atomic E-state index is 12.3. The molecular weight excluding hydrogens is 292 g/mol. The molecule has 4 heteroatoms. The number of hydrogen-bond donors (Lipinski definition) is 1. The van der Waals surface area contributed by atoms with Crippen LogP contribution in [0, 0.1) is 17.8 Å². The lowest BCUT2D eigenvalue weighted by Gasteiger charge is -2.36. The molecule has 4 nitrogen and oxygen atoms in total. The van der Waals surface area contributed by atoms with E-state index in [1.54, 1.807) is 18.2 Å². The van der Waals surface area contributed by atoms with Crippen LogP contribution in [0.15, 0.2) is 18.2 Å². The van der Waals surface area contributed by atoms with Gasteiger partial charge in [0.1, 0.15) is 6.10 Å². The van der Waals surface area contributed by atoms with E-state index in [1.807, 2.05) is 0 Å². The standard InChI is InChI=1S/C19H28O4/c1-12(2)15-7-5-13(3)9-17(15)23-19(21)11-14-6-8-16(20)18(10-14)22-4/h6,8,10,12-13,15,17,20H,5,7,9,11H2,1-4H3/t13-,15?,17-/m1/s1. The average molecular weight is 320 g/mol. The average Bonchev–Trinajstić information content (AvgIpc) is 2.48. The van der Waals surface area contributed by atoms with E-state index < -0.39 is 0 Å². The summed E-state index contributed by atoms with van der Waals surface area (Å²) in [5.41, 5.74) is 0.787. The van der Waals surface area contributed by atoms with Crippen LogP contribution in [-0.4, -0.2) is 24.3 Å². The van der Waals surface area contributed by atoms with E-state index in [9.17, 15) is 9.90 Å². The van der Waals surface area contributed by atoms with Crippen LogP contribution in [0.25, 0.3) is 0 Å². The molecule has 2 rings (SSSR count). The van der Waals surface area contributed by atoms with Crippen molar-refractivity contribution in [2.45, 2.75) is 52.6 Å². The second kappa shape index (κ2) is 7.71. The van der Waals surface area contributed by atoms with Crippen LogP contribution in [0.4, 0.5) is 0 Å². The quantitative estimate of drug-likeness (QED) is 0.835. The number of rotatable bonds is 5. The summed E-state index contributed by atoms with van der Waals surface area (Å²) in [6, 6.07) is 4.95. The molecule has 3 atom stereocenters. The molecule has 0 spiro atoms. The Kier molecular flexibility index (Phi) is 5.91. The first kappa shape index (κ1) is 17.6. The van der Waals surface area contributed by atoms with Gasteiger partial charge in [-0.25, -0.2) is 0 Å². The van der Waals surface area contributed by atoms with E-state index >= 15 is 0 Å². The van der Waals surface area contributed by atoms with E-state index in [0.717, 1.165) is 18.4 Å². The number of carbonyl (C=O) groups is 1. The van der Waals surface area contributed by atoms with Gasteiger partial charge >= 0.3 is 5.97 Å². The molecule has 0 bridgehead atoms. The van der Waals surface area contributed by atoms with Crippen molar-refractivity contribution in [2.75, 3.05) is 7.11 Å². The van der Waals surface area contributed by atoms with Gasteiger partial charge < -0.3 is 14.6 Å². The molecule has 1 aliphatic rings. The fourth-order valence-corrected chi connectivity index (χ4v) is 3.46. The lowest BCUT2D eigenvalue weighted by Crippen LogP contribution is -2.36. The third-order valence-corrected chi connectivity index (χ3v) is 4.84. The van der Waals surface area contributed by atoms with Crippen molar-refractivity contribution < 1.29 is 19.4 Å². The summed E-state index contributed by atoms with van der Waals surface area (Å²) in [4.78, 5) is 12.3. The summed E-state index contributed by atoms with van der Waals surface area (Å²) in [7, 11) is 1.49. The minimum absolute atomic E-state index is 0.0188. The molecule has 1 aliphatic carbocycles. The molecule has 0 aliphatic heterocycles. The highest BCUT2D eigenvalue weighted by atomic mass is 16.5. The fraction of sp³-hybridized carbons (Fsp3) is 0.632. The lowest BCUT2D eigenvalue weighted by atomic mass is 9.75. The molecule has 1 aromatic carbocycles. The first-order valence-electron chi connectivity index (χ1n) is 8.46. The normalized spacial score (nSPS) is 24.5. The molecule has 128 valence electrons. The Morgan fingerprint density at radius 2 is 2.09 bits per heavy atom. The van der Waals surface area contributed by atoms with E-state index in [-0.39, 0.29) is 24.2 Å². The van der Waals surface area contributed by atoms with Crippen LogP contribution in [-0.2, 0) is 16.0 Å². The van der Waals surface area contributed by atoms with Crippen molar-refractivity contribution in [2.24, 2.45) is 17.8 Å². The topological polar surface area (TPSA) is 55.8 Å². The Hall–Kier alpha value is -1.71. The molecule has 1 aromatic rings. The fourth-order valence-electron chi connectivity index (χ4n) is 3.46. The summed E-state index contributed by atoms with van der Waals surface area (Å²) < 4.78 is 10.9. The molecule has 0 radical (unpaired) electrons. The van der Waals surface area contributed by atoms with Crippen LogP contribution in [0.3, 0.4) is 0 Å². The maximum absolute atomic E-state index is 12.3. The predicted molar refractivity (Wildman–Crippen MR) is 89.6 cm³/mol. The van der Waals surface area contributed by atoms with Crippen molar-refractivity contribution in [3.8, 4) is 11.5 Å². The number of methoxy groups -OCH3 is 1. The van der Waals surface area contributed by atoms with Crippen LogP contribution in [0.2, 0.25) is 0 Å². The van der Waals surface area contributed by atoms with E-state index in [0.29, 0.717) is 23.5 Å². The zero-order chi connectivity index (χ0) is 17.0. The number of esters is 1. The third kappa shape index (κ3) is 4.63. The Morgan fingerprint density at radius 1 is 1.35 bits per heavy atom. The minimum Gasteiger partial charge on any atom is -0.504 e. The van der Waals surface area contributed by atoms with Crippen LogP contribution in [0.5, 0.6) is 11.5 Å². The Labute approximate surface area is 138 Å². The van der Waals surface area contributed by atoms with Crippen molar-refractivity contribution in [3.05, 3.63) is 23.8 Å². The van der Waals surface area contributed by atoms with Crippen molar-refractivity contribution in [1.82, 2.24) is 0 Å². The van der Waals surface area contributed by atoms with Gasteiger partial charge in [0.2, 0.25) is 0 Å². The van der Waals surface area contributed by atoms with Crippen LogP contribution >= 0.6 is 0 Å². The van der Waals surface area contributed by atoms with E-state index in [1.165, 1.54) is 13.5 Å². The highest BCUT2D eigenvalue weighted by Gasteiger charge is 2.33. The second-order valence-corrected chi connectivity index (χ2v) is 7.04. The van der Waals surface area contributed by atoms with Gasteiger partial charge in [0.15, 0.2) is 11.5 Å². The Morgan fingerprint density at radius 3 is 2.74 bits per heavy atom. The van der Waals surface area contributed by atoms with Crippen LogP contribution < -0.4 is 4.74 Å². The summed E-state index contributed by atoms with van der Waals surface area (Å²) in [6.45, 7) is 6.63. The third-order valence-electron chi connectivity index (χ3n) is 4.84. The summed E-state index contributed by atoms with van der Waals surface area (Å²) in [5.74, 6) is 1.82. The number of benzene rings is 1. The smallest absolute Gasteiger partial charge is 0.310 e. The molecule has 23 heavy (non-hydrogen) atoms. The van der Waals surface area contributed by atoms with E-state index in [4.69, 9.17) is 9.47 Å². The molecule has 0 heterocycles. The van der Waals surface area contributed by atoms with E-state index in [2.05, 4.69) is 20.8 Å². The number of aromatic hydroxyl groups is 1. The molecule has 1 fully saturated rings. The zero-order valence-corrected chi connectivity index (χ0v) is 14.5. The Bertz CT molecular complexity index is 538. The van der Waals surface area contributed by atoms with Crippen molar-refractivity contribution in [1.29, 1.82) is 0 Å². The first-order valence-corrected chi connectivity index (χ1v) is 8.46. The van der Waals surface area contributed by atoms with Gasteiger partial charge in [-0.15, -0.1) is 0 Å². The minimum atomic E-state index is -0.206. The highest BCUT2D eigenvalue weighted by Crippen LogP contribution is 2.35.